The molecule has 9 atom stereocenters. The fourth-order valence-corrected chi connectivity index (χ4v) is 9.89. The first-order chi connectivity index (χ1) is 15.4. The number of carbonyl (C=O) groups is 1. The highest BCUT2D eigenvalue weighted by atomic mass is 16.5. The Bertz CT molecular complexity index is 800. The molecule has 1 heterocycles. The third-order valence-corrected chi connectivity index (χ3v) is 11.1. The molecule has 0 N–H and O–H groups in total. The Morgan fingerprint density at radius 2 is 2.12 bits per heavy atom. The number of hydrogen-bond donors (Lipinski definition) is 0. The summed E-state index contributed by atoms with van der Waals surface area (Å²) in [5, 5.41) is 0. The molecule has 32 heavy (non-hydrogen) atoms. The van der Waals surface area contributed by atoms with Gasteiger partial charge in [-0.3, -0.25) is 4.79 Å². The fraction of sp³-hybridized carbons (Fsp3) is 0.828. The second-order valence-corrected chi connectivity index (χ2v) is 12.1. The van der Waals surface area contributed by atoms with E-state index in [4.69, 9.17) is 9.47 Å². The van der Waals surface area contributed by atoms with Crippen molar-refractivity contribution in [3.05, 3.63) is 24.3 Å². The summed E-state index contributed by atoms with van der Waals surface area (Å²) in [5.74, 6) is 3.59. The van der Waals surface area contributed by atoms with Crippen LogP contribution in [0.2, 0.25) is 0 Å². The Hall–Kier alpha value is -1.09. The quantitative estimate of drug-likeness (QED) is 0.325. The van der Waals surface area contributed by atoms with Crippen LogP contribution in [-0.2, 0) is 14.3 Å². The normalized spacial score (nSPS) is 47.2. The molecule has 5 rings (SSSR count). The van der Waals surface area contributed by atoms with Crippen molar-refractivity contribution in [2.45, 2.75) is 91.6 Å². The van der Waals surface area contributed by atoms with Crippen molar-refractivity contribution < 1.29 is 14.3 Å². The van der Waals surface area contributed by atoms with Crippen molar-refractivity contribution in [2.75, 3.05) is 13.2 Å². The summed E-state index contributed by atoms with van der Waals surface area (Å²) >= 11 is 0. The summed E-state index contributed by atoms with van der Waals surface area (Å²) in [6, 6.07) is 0. The van der Waals surface area contributed by atoms with E-state index in [-0.39, 0.29) is 17.5 Å². The van der Waals surface area contributed by atoms with Gasteiger partial charge in [0.2, 0.25) is 0 Å². The van der Waals surface area contributed by atoms with Crippen LogP contribution in [-0.4, -0.2) is 25.3 Å². The minimum atomic E-state index is -0.149. The van der Waals surface area contributed by atoms with Gasteiger partial charge in [-0.1, -0.05) is 31.1 Å². The standard InChI is InChI=1S/C29H44O3/c1-6-8-13-27(12-7-2)19(3)15-22-16-29(22)24-11-14-28(20(4)32-21(5)30)18-31-17-25(28)23(24)9-10-26(27)29/h6,15,20,22-26H,1,7-14,16-18H2,2-5H3/t20?,22?,23?,24?,25?,26?,27?,28-,29?/m0/s1. The largest absolute Gasteiger partial charge is 0.462 e. The van der Waals surface area contributed by atoms with Crippen LogP contribution in [0.5, 0.6) is 0 Å². The van der Waals surface area contributed by atoms with Gasteiger partial charge in [0.15, 0.2) is 0 Å². The first kappa shape index (κ1) is 22.7. The molecule has 0 radical (unpaired) electrons. The van der Waals surface area contributed by atoms with Gasteiger partial charge < -0.3 is 9.47 Å². The van der Waals surface area contributed by atoms with E-state index >= 15 is 0 Å². The van der Waals surface area contributed by atoms with Crippen LogP contribution in [0.4, 0.5) is 0 Å². The average Bonchev–Trinajstić information content (AvgIpc) is 3.27. The number of ether oxygens (including phenoxy) is 2. The topological polar surface area (TPSA) is 35.5 Å². The lowest BCUT2D eigenvalue weighted by Crippen LogP contribution is -2.56. The van der Waals surface area contributed by atoms with Gasteiger partial charge in [0.25, 0.3) is 0 Å². The molecule has 3 nitrogen and oxygen atoms in total. The summed E-state index contributed by atoms with van der Waals surface area (Å²) in [6.07, 6.45) is 16.4. The molecule has 0 aromatic heterocycles. The number of rotatable bonds is 7. The molecule has 3 saturated carbocycles. The summed E-state index contributed by atoms with van der Waals surface area (Å²) in [7, 11) is 0. The molecule has 178 valence electrons. The number of hydrogen-bond acceptors (Lipinski definition) is 3. The van der Waals surface area contributed by atoms with Gasteiger partial charge in [-0.2, -0.15) is 0 Å². The molecule has 0 amide bonds. The molecule has 4 fully saturated rings. The van der Waals surface area contributed by atoms with Crippen molar-refractivity contribution in [3.63, 3.8) is 0 Å². The summed E-state index contributed by atoms with van der Waals surface area (Å²) < 4.78 is 12.0. The van der Waals surface area contributed by atoms with E-state index in [1.165, 1.54) is 44.9 Å². The van der Waals surface area contributed by atoms with Gasteiger partial charge >= 0.3 is 5.97 Å². The van der Waals surface area contributed by atoms with E-state index in [1.807, 2.05) is 0 Å². The lowest BCUT2D eigenvalue weighted by Gasteiger charge is -2.60. The number of allylic oxidation sites excluding steroid dienone is 3. The smallest absolute Gasteiger partial charge is 0.302 e. The van der Waals surface area contributed by atoms with Gasteiger partial charge in [0, 0.05) is 12.3 Å². The molecule has 1 aliphatic heterocycles. The van der Waals surface area contributed by atoms with Crippen molar-refractivity contribution in [1.82, 2.24) is 0 Å². The minimum Gasteiger partial charge on any atom is -0.462 e. The van der Waals surface area contributed by atoms with Crippen molar-refractivity contribution in [1.29, 1.82) is 0 Å². The van der Waals surface area contributed by atoms with Crippen molar-refractivity contribution >= 4 is 5.97 Å². The zero-order valence-electron chi connectivity index (χ0n) is 20.8. The third kappa shape index (κ3) is 2.98. The zero-order chi connectivity index (χ0) is 22.7. The first-order valence-corrected chi connectivity index (χ1v) is 13.4. The summed E-state index contributed by atoms with van der Waals surface area (Å²) in [6.45, 7) is 14.2. The van der Waals surface area contributed by atoms with E-state index in [0.29, 0.717) is 16.7 Å². The maximum Gasteiger partial charge on any atom is 0.302 e. The van der Waals surface area contributed by atoms with E-state index in [1.54, 1.807) is 12.5 Å². The van der Waals surface area contributed by atoms with Gasteiger partial charge in [-0.15, -0.1) is 6.58 Å². The second-order valence-electron chi connectivity index (χ2n) is 12.1. The van der Waals surface area contributed by atoms with E-state index in [2.05, 4.69) is 39.5 Å². The van der Waals surface area contributed by atoms with Crippen LogP contribution < -0.4 is 0 Å². The highest BCUT2D eigenvalue weighted by molar-refractivity contribution is 5.66. The van der Waals surface area contributed by atoms with Crippen LogP contribution >= 0.6 is 0 Å². The maximum atomic E-state index is 11.8. The Labute approximate surface area is 195 Å². The van der Waals surface area contributed by atoms with E-state index < -0.39 is 0 Å². The molecule has 1 saturated heterocycles. The average molecular weight is 441 g/mol. The molecule has 4 aliphatic carbocycles. The Kier molecular flexibility index (Phi) is 5.67. The molecular weight excluding hydrogens is 396 g/mol. The third-order valence-electron chi connectivity index (χ3n) is 11.1. The molecule has 0 bridgehead atoms. The van der Waals surface area contributed by atoms with E-state index in [9.17, 15) is 4.79 Å². The predicted octanol–water partition coefficient (Wildman–Crippen LogP) is 6.73. The zero-order valence-corrected chi connectivity index (χ0v) is 20.8. The molecule has 1 spiro atoms. The molecular formula is C29H44O3. The SMILES string of the molecule is C=CCCC1(CCC)C(C)=CC2CC23C2CC[C@@]4(C(C)OC(C)=O)COCC4C2CCC13. The number of fused-ring (bicyclic) bond motifs is 3. The van der Waals surface area contributed by atoms with Crippen LogP contribution in [0.15, 0.2) is 24.3 Å². The Morgan fingerprint density at radius 3 is 2.84 bits per heavy atom. The van der Waals surface area contributed by atoms with Gasteiger partial charge in [-0.05, 0) is 106 Å². The van der Waals surface area contributed by atoms with Crippen LogP contribution in [0, 0.1) is 45.8 Å². The lowest BCUT2D eigenvalue weighted by molar-refractivity contribution is -0.164. The highest BCUT2D eigenvalue weighted by Gasteiger charge is 2.73. The van der Waals surface area contributed by atoms with Crippen LogP contribution in [0.1, 0.15) is 85.5 Å². The maximum absolute atomic E-state index is 11.8. The molecule has 3 heteroatoms. The number of carbonyl (C=O) groups excluding carboxylic acids is 1. The minimum absolute atomic E-state index is 0.0322. The second kappa shape index (κ2) is 8.00. The van der Waals surface area contributed by atoms with E-state index in [0.717, 1.165) is 49.7 Å². The first-order valence-electron chi connectivity index (χ1n) is 13.4. The molecule has 8 unspecified atom stereocenters. The highest BCUT2D eigenvalue weighted by Crippen LogP contribution is 2.79. The van der Waals surface area contributed by atoms with Gasteiger partial charge in [-0.25, -0.2) is 0 Å². The van der Waals surface area contributed by atoms with Gasteiger partial charge in [0.1, 0.15) is 6.10 Å². The molecule has 0 aromatic carbocycles. The van der Waals surface area contributed by atoms with Crippen molar-refractivity contribution in [2.24, 2.45) is 45.8 Å². The van der Waals surface area contributed by atoms with Gasteiger partial charge in [0.05, 0.1) is 13.2 Å². The molecule has 5 aliphatic rings. The van der Waals surface area contributed by atoms with Crippen molar-refractivity contribution in [3.8, 4) is 0 Å². The van der Waals surface area contributed by atoms with Crippen LogP contribution in [0.25, 0.3) is 0 Å². The molecule has 0 aromatic rings. The van der Waals surface area contributed by atoms with Crippen LogP contribution in [0.3, 0.4) is 0 Å². The fourth-order valence-electron chi connectivity index (χ4n) is 9.89. The predicted molar refractivity (Wildman–Crippen MR) is 128 cm³/mol. The monoisotopic (exact) mass is 440 g/mol. The summed E-state index contributed by atoms with van der Waals surface area (Å²) in [5.41, 5.74) is 2.63. The summed E-state index contributed by atoms with van der Waals surface area (Å²) in [4.78, 5) is 11.8. The Morgan fingerprint density at radius 1 is 1.31 bits per heavy atom. The lowest BCUT2D eigenvalue weighted by atomic mass is 9.44. The Balaban J connectivity index is 1.47. The number of esters is 1.